The van der Waals surface area contributed by atoms with Crippen LogP contribution in [0.4, 0.5) is 11.4 Å². The van der Waals surface area contributed by atoms with Crippen LogP contribution < -0.4 is 10.6 Å². The first-order valence-corrected chi connectivity index (χ1v) is 8.86. The fourth-order valence-corrected chi connectivity index (χ4v) is 2.77. The molecule has 0 atom stereocenters. The van der Waals surface area contributed by atoms with Gasteiger partial charge in [0, 0.05) is 18.1 Å². The number of anilines is 2. The monoisotopic (exact) mass is 379 g/mol. The van der Waals surface area contributed by atoms with Crippen molar-refractivity contribution in [1.29, 1.82) is 0 Å². The molecule has 0 aliphatic rings. The fraction of sp³-hybridized carbons (Fsp3) is 0.0952. The smallest absolute Gasteiger partial charge is 0.257 e. The Bertz CT molecular complexity index is 988. The minimum Gasteiger partial charge on any atom is -0.322 e. The normalized spacial score (nSPS) is 10.3. The van der Waals surface area contributed by atoms with Crippen LogP contribution in [-0.2, 0) is 6.42 Å². The summed E-state index contributed by atoms with van der Waals surface area (Å²) >= 11 is 6.06. The van der Waals surface area contributed by atoms with Gasteiger partial charge in [0.1, 0.15) is 0 Å². The molecule has 0 aliphatic carbocycles. The number of rotatable bonds is 5. The average molecular weight is 380 g/mol. The maximum absolute atomic E-state index is 12.6. The summed E-state index contributed by atoms with van der Waals surface area (Å²) in [7, 11) is 0. The van der Waals surface area contributed by atoms with Gasteiger partial charge in [-0.15, -0.1) is 0 Å². The number of aromatic nitrogens is 1. The highest BCUT2D eigenvalue weighted by atomic mass is 35.5. The van der Waals surface area contributed by atoms with E-state index in [-0.39, 0.29) is 17.4 Å². The maximum atomic E-state index is 12.6. The summed E-state index contributed by atoms with van der Waals surface area (Å²) in [5, 5.41) is 6.02. The van der Waals surface area contributed by atoms with Gasteiger partial charge in [-0.25, -0.2) is 0 Å². The predicted molar refractivity (Wildman–Crippen MR) is 107 cm³/mol. The number of nitrogens with zero attached hydrogens (tertiary/aromatic N) is 1. The third-order valence-electron chi connectivity index (χ3n) is 4.03. The van der Waals surface area contributed by atoms with E-state index in [1.807, 2.05) is 31.2 Å². The summed E-state index contributed by atoms with van der Waals surface area (Å²) in [6.45, 7) is 2.02. The Labute approximate surface area is 162 Å². The van der Waals surface area contributed by atoms with Gasteiger partial charge in [0.15, 0.2) is 0 Å². The molecule has 2 amide bonds. The number of pyridine rings is 1. The standard InChI is InChI=1S/C21H18ClN3O2/c1-2-14-7-3-5-9-18(14)24-20(26)15-11-16(13-23-12-15)21(27)25-19-10-6-4-8-17(19)22/h3-13H,2H2,1H3,(H,24,26)(H,25,27). The zero-order chi connectivity index (χ0) is 19.2. The van der Waals surface area contributed by atoms with Crippen LogP contribution in [0.5, 0.6) is 0 Å². The molecule has 3 aromatic rings. The summed E-state index contributed by atoms with van der Waals surface area (Å²) < 4.78 is 0. The quantitative estimate of drug-likeness (QED) is 0.668. The summed E-state index contributed by atoms with van der Waals surface area (Å²) in [6, 6.07) is 16.0. The number of aryl methyl sites for hydroxylation is 1. The molecule has 1 aromatic heterocycles. The molecular weight excluding hydrogens is 362 g/mol. The van der Waals surface area contributed by atoms with Gasteiger partial charge < -0.3 is 10.6 Å². The minimum absolute atomic E-state index is 0.270. The van der Waals surface area contributed by atoms with Gasteiger partial charge in [0.2, 0.25) is 0 Å². The van der Waals surface area contributed by atoms with Crippen molar-refractivity contribution < 1.29 is 9.59 Å². The zero-order valence-corrected chi connectivity index (χ0v) is 15.5. The third-order valence-corrected chi connectivity index (χ3v) is 4.36. The van der Waals surface area contributed by atoms with Gasteiger partial charge in [-0.2, -0.15) is 0 Å². The molecule has 27 heavy (non-hydrogen) atoms. The van der Waals surface area contributed by atoms with E-state index in [1.165, 1.54) is 18.5 Å². The van der Waals surface area contributed by atoms with Crippen LogP contribution in [0.1, 0.15) is 33.2 Å². The van der Waals surface area contributed by atoms with E-state index in [9.17, 15) is 9.59 Å². The van der Waals surface area contributed by atoms with Crippen molar-refractivity contribution in [2.45, 2.75) is 13.3 Å². The molecule has 2 aromatic carbocycles. The number of carbonyl (C=O) groups excluding carboxylic acids is 2. The van der Waals surface area contributed by atoms with E-state index >= 15 is 0 Å². The number of carbonyl (C=O) groups is 2. The molecule has 3 rings (SSSR count). The highest BCUT2D eigenvalue weighted by Gasteiger charge is 2.13. The summed E-state index contributed by atoms with van der Waals surface area (Å²) in [5.41, 5.74) is 2.84. The van der Waals surface area contributed by atoms with Gasteiger partial charge in [-0.1, -0.05) is 48.9 Å². The lowest BCUT2D eigenvalue weighted by atomic mass is 10.1. The molecule has 0 spiro atoms. The lowest BCUT2D eigenvalue weighted by Crippen LogP contribution is -2.17. The van der Waals surface area contributed by atoms with Gasteiger partial charge in [0.25, 0.3) is 11.8 Å². The van der Waals surface area contributed by atoms with Gasteiger partial charge in [-0.3, -0.25) is 14.6 Å². The zero-order valence-electron chi connectivity index (χ0n) is 14.7. The van der Waals surface area contributed by atoms with E-state index in [4.69, 9.17) is 11.6 Å². The van der Waals surface area contributed by atoms with E-state index in [2.05, 4.69) is 15.6 Å². The number of hydrogen-bond acceptors (Lipinski definition) is 3. The average Bonchev–Trinajstić information content (AvgIpc) is 2.70. The van der Waals surface area contributed by atoms with Crippen molar-refractivity contribution in [1.82, 2.24) is 4.98 Å². The molecule has 2 N–H and O–H groups in total. The number of hydrogen-bond donors (Lipinski definition) is 2. The van der Waals surface area contributed by atoms with Gasteiger partial charge in [-0.05, 0) is 36.2 Å². The van der Waals surface area contributed by atoms with Crippen LogP contribution in [0.25, 0.3) is 0 Å². The second-order valence-corrected chi connectivity index (χ2v) is 6.27. The molecule has 0 saturated carbocycles. The topological polar surface area (TPSA) is 71.1 Å². The number of para-hydroxylation sites is 2. The Morgan fingerprint density at radius 1 is 0.889 bits per heavy atom. The number of amides is 2. The highest BCUT2D eigenvalue weighted by molar-refractivity contribution is 6.33. The minimum atomic E-state index is -0.390. The van der Waals surface area contributed by atoms with Crippen LogP contribution in [0.2, 0.25) is 5.02 Å². The molecule has 0 bridgehead atoms. The number of halogens is 1. The Morgan fingerprint density at radius 3 is 2.07 bits per heavy atom. The van der Waals surface area contributed by atoms with E-state index in [0.717, 1.165) is 17.7 Å². The van der Waals surface area contributed by atoms with E-state index in [0.29, 0.717) is 16.3 Å². The second-order valence-electron chi connectivity index (χ2n) is 5.86. The summed E-state index contributed by atoms with van der Waals surface area (Å²) in [4.78, 5) is 29.0. The molecule has 6 heteroatoms. The van der Waals surface area contributed by atoms with Crippen LogP contribution in [-0.4, -0.2) is 16.8 Å². The maximum Gasteiger partial charge on any atom is 0.257 e. The Kier molecular flexibility index (Phi) is 5.84. The van der Waals surface area contributed by atoms with Crippen molar-refractivity contribution in [2.75, 3.05) is 10.6 Å². The fourth-order valence-electron chi connectivity index (χ4n) is 2.59. The second kappa shape index (κ2) is 8.47. The number of benzene rings is 2. The molecule has 1 heterocycles. The Morgan fingerprint density at radius 2 is 1.44 bits per heavy atom. The summed E-state index contributed by atoms with van der Waals surface area (Å²) in [5.74, 6) is -0.713. The van der Waals surface area contributed by atoms with Gasteiger partial charge in [0.05, 0.1) is 21.8 Å². The van der Waals surface area contributed by atoms with Crippen molar-refractivity contribution in [3.8, 4) is 0 Å². The van der Waals surface area contributed by atoms with Gasteiger partial charge >= 0.3 is 0 Å². The van der Waals surface area contributed by atoms with Crippen molar-refractivity contribution in [2.24, 2.45) is 0 Å². The van der Waals surface area contributed by atoms with Crippen molar-refractivity contribution in [3.05, 3.63) is 88.7 Å². The molecule has 0 saturated heterocycles. The van der Waals surface area contributed by atoms with Crippen molar-refractivity contribution >= 4 is 34.8 Å². The van der Waals surface area contributed by atoms with E-state index in [1.54, 1.807) is 24.3 Å². The Balaban J connectivity index is 1.77. The van der Waals surface area contributed by atoms with Crippen LogP contribution >= 0.6 is 11.6 Å². The molecular formula is C21H18ClN3O2. The molecule has 0 aliphatic heterocycles. The highest BCUT2D eigenvalue weighted by Crippen LogP contribution is 2.21. The number of nitrogens with one attached hydrogen (secondary N) is 2. The molecule has 136 valence electrons. The molecule has 0 radical (unpaired) electrons. The van der Waals surface area contributed by atoms with Crippen LogP contribution in [0, 0.1) is 0 Å². The first-order chi connectivity index (χ1) is 13.1. The summed E-state index contributed by atoms with van der Waals surface area (Å²) in [6.07, 6.45) is 3.63. The lowest BCUT2D eigenvalue weighted by Gasteiger charge is -2.10. The lowest BCUT2D eigenvalue weighted by molar-refractivity contribution is 0.102. The first kappa shape index (κ1) is 18.6. The predicted octanol–water partition coefficient (Wildman–Crippen LogP) is 4.80. The van der Waals surface area contributed by atoms with Crippen LogP contribution in [0.3, 0.4) is 0 Å². The molecule has 5 nitrogen and oxygen atoms in total. The third kappa shape index (κ3) is 4.51. The molecule has 0 fully saturated rings. The van der Waals surface area contributed by atoms with Crippen LogP contribution in [0.15, 0.2) is 67.0 Å². The molecule has 0 unspecified atom stereocenters. The Hall–Kier alpha value is -3.18. The largest absolute Gasteiger partial charge is 0.322 e. The van der Waals surface area contributed by atoms with E-state index < -0.39 is 0 Å². The SMILES string of the molecule is CCc1ccccc1NC(=O)c1cncc(C(=O)Nc2ccccc2Cl)c1. The van der Waals surface area contributed by atoms with Crippen molar-refractivity contribution in [3.63, 3.8) is 0 Å². The first-order valence-electron chi connectivity index (χ1n) is 8.48.